The number of benzene rings is 1. The molecule has 138 valence electrons. The number of rotatable bonds is 8. The molecule has 1 unspecified atom stereocenters. The van der Waals surface area contributed by atoms with Crippen molar-refractivity contribution in [2.75, 3.05) is 26.5 Å². The van der Waals surface area contributed by atoms with Crippen molar-refractivity contribution in [3.63, 3.8) is 0 Å². The molecule has 0 saturated heterocycles. The average Bonchev–Trinajstić information content (AvgIpc) is 2.55. The van der Waals surface area contributed by atoms with Gasteiger partial charge in [0, 0.05) is 14.1 Å². The highest BCUT2D eigenvalue weighted by Gasteiger charge is 2.26. The van der Waals surface area contributed by atoms with E-state index in [0.717, 1.165) is 5.56 Å². The number of hydrogen-bond acceptors (Lipinski definition) is 6. The summed E-state index contributed by atoms with van der Waals surface area (Å²) >= 11 is 5.38. The molecule has 0 aliphatic heterocycles. The van der Waals surface area contributed by atoms with Gasteiger partial charge in [-0.05, 0) is 12.5 Å². The van der Waals surface area contributed by atoms with Gasteiger partial charge in [-0.2, -0.15) is 0 Å². The Bertz CT molecular complexity index is 610. The van der Waals surface area contributed by atoms with E-state index >= 15 is 0 Å². The van der Waals surface area contributed by atoms with Crippen LogP contribution in [0.25, 0.3) is 0 Å². The fourth-order valence-corrected chi connectivity index (χ4v) is 2.23. The first-order valence-electron chi connectivity index (χ1n) is 7.44. The van der Waals surface area contributed by atoms with Crippen LogP contribution in [-0.4, -0.2) is 54.3 Å². The maximum absolute atomic E-state index is 12.1. The smallest absolute Gasteiger partial charge is 0.257 e. The zero-order valence-corrected chi connectivity index (χ0v) is 15.1. The second kappa shape index (κ2) is 9.94. The standard InChI is InChI=1S/C15H23ClN6O3/c1-10-4-6-11(7-5-10)14(15(25)18-17)22(3)20-13(24)9-21(2)19-12(23)8-16/h4-7,14H,8-9,17H2,1-3H3,(H,18,25)(H,19,23)(H,20,24). The first-order chi connectivity index (χ1) is 11.8. The number of likely N-dealkylation sites (N-methyl/N-ethyl adjacent to an activating group) is 2. The highest BCUT2D eigenvalue weighted by molar-refractivity contribution is 6.27. The van der Waals surface area contributed by atoms with Crippen LogP contribution in [0.15, 0.2) is 24.3 Å². The van der Waals surface area contributed by atoms with Gasteiger partial charge in [0.05, 0.1) is 6.54 Å². The lowest BCUT2D eigenvalue weighted by Crippen LogP contribution is -2.52. The second-order valence-electron chi connectivity index (χ2n) is 5.49. The third-order valence-corrected chi connectivity index (χ3v) is 3.53. The van der Waals surface area contributed by atoms with Crippen LogP contribution < -0.4 is 22.1 Å². The van der Waals surface area contributed by atoms with E-state index in [9.17, 15) is 14.4 Å². The van der Waals surface area contributed by atoms with Crippen molar-refractivity contribution in [2.45, 2.75) is 13.0 Å². The Morgan fingerprint density at radius 2 is 1.72 bits per heavy atom. The number of nitrogens with one attached hydrogen (secondary N) is 3. The molecular weight excluding hydrogens is 348 g/mol. The van der Waals surface area contributed by atoms with Crippen molar-refractivity contribution < 1.29 is 14.4 Å². The number of halogens is 1. The summed E-state index contributed by atoms with van der Waals surface area (Å²) in [5.41, 5.74) is 8.80. The Labute approximate surface area is 151 Å². The molecule has 0 bridgehead atoms. The van der Waals surface area contributed by atoms with Gasteiger partial charge < -0.3 is 0 Å². The van der Waals surface area contributed by atoms with Gasteiger partial charge in [-0.15, -0.1) is 11.6 Å². The average molecular weight is 371 g/mol. The summed E-state index contributed by atoms with van der Waals surface area (Å²) in [6.07, 6.45) is 0. The number of alkyl halides is 1. The molecule has 10 heteroatoms. The number of carbonyl (C=O) groups excluding carboxylic acids is 3. The van der Waals surface area contributed by atoms with Crippen molar-refractivity contribution in [1.29, 1.82) is 0 Å². The van der Waals surface area contributed by atoms with Crippen LogP contribution in [0.5, 0.6) is 0 Å². The Morgan fingerprint density at radius 3 is 2.24 bits per heavy atom. The Kier molecular flexibility index (Phi) is 8.29. The van der Waals surface area contributed by atoms with Crippen LogP contribution in [-0.2, 0) is 14.4 Å². The van der Waals surface area contributed by atoms with Gasteiger partial charge >= 0.3 is 0 Å². The zero-order chi connectivity index (χ0) is 19.0. The summed E-state index contributed by atoms with van der Waals surface area (Å²) in [4.78, 5) is 35.4. The van der Waals surface area contributed by atoms with Crippen molar-refractivity contribution >= 4 is 29.3 Å². The van der Waals surface area contributed by atoms with Gasteiger partial charge in [0.2, 0.25) is 11.8 Å². The van der Waals surface area contributed by atoms with Crippen molar-refractivity contribution in [1.82, 2.24) is 26.3 Å². The lowest BCUT2D eigenvalue weighted by atomic mass is 10.0. The minimum atomic E-state index is -0.808. The maximum Gasteiger partial charge on any atom is 0.257 e. The fraction of sp³-hybridized carbons (Fsp3) is 0.400. The van der Waals surface area contributed by atoms with Crippen LogP contribution in [0.3, 0.4) is 0 Å². The van der Waals surface area contributed by atoms with Crippen LogP contribution in [0.4, 0.5) is 0 Å². The van der Waals surface area contributed by atoms with E-state index in [1.165, 1.54) is 17.1 Å². The predicted octanol–water partition coefficient (Wildman–Crippen LogP) is -0.809. The largest absolute Gasteiger partial charge is 0.293 e. The lowest BCUT2D eigenvalue weighted by Gasteiger charge is -2.28. The van der Waals surface area contributed by atoms with Crippen molar-refractivity contribution in [3.8, 4) is 0 Å². The van der Waals surface area contributed by atoms with Gasteiger partial charge in [0.1, 0.15) is 11.9 Å². The van der Waals surface area contributed by atoms with E-state index in [2.05, 4.69) is 16.3 Å². The van der Waals surface area contributed by atoms with Gasteiger partial charge in [-0.25, -0.2) is 15.9 Å². The molecule has 1 atom stereocenters. The Hall–Kier alpha value is -2.20. The first kappa shape index (κ1) is 20.8. The van der Waals surface area contributed by atoms with Gasteiger partial charge in [-0.3, -0.25) is 30.7 Å². The zero-order valence-electron chi connectivity index (χ0n) is 14.4. The molecule has 0 fully saturated rings. The summed E-state index contributed by atoms with van der Waals surface area (Å²) in [7, 11) is 3.07. The molecule has 0 spiro atoms. The van der Waals surface area contributed by atoms with E-state index < -0.39 is 23.8 Å². The van der Waals surface area contributed by atoms with Crippen LogP contribution in [0, 0.1) is 6.92 Å². The number of hydrogen-bond donors (Lipinski definition) is 4. The molecule has 0 heterocycles. The van der Waals surface area contributed by atoms with Crippen LogP contribution in [0.1, 0.15) is 17.2 Å². The molecule has 9 nitrogen and oxygen atoms in total. The van der Waals surface area contributed by atoms with Gasteiger partial charge in [0.15, 0.2) is 0 Å². The molecule has 0 saturated carbocycles. The van der Waals surface area contributed by atoms with E-state index in [4.69, 9.17) is 17.4 Å². The third-order valence-electron chi connectivity index (χ3n) is 3.29. The lowest BCUT2D eigenvalue weighted by molar-refractivity contribution is -0.133. The Balaban J connectivity index is 2.76. The molecular formula is C15H23ClN6O3. The maximum atomic E-state index is 12.1. The van der Waals surface area contributed by atoms with E-state index in [1.54, 1.807) is 19.2 Å². The van der Waals surface area contributed by atoms with E-state index in [1.807, 2.05) is 19.1 Å². The molecule has 1 aromatic carbocycles. The molecule has 1 rings (SSSR count). The monoisotopic (exact) mass is 370 g/mol. The summed E-state index contributed by atoms with van der Waals surface area (Å²) in [5, 5.41) is 2.64. The molecule has 0 radical (unpaired) electrons. The second-order valence-corrected chi connectivity index (χ2v) is 5.76. The number of hydrazine groups is 3. The molecule has 1 aromatic rings. The quantitative estimate of drug-likeness (QED) is 0.206. The minimum Gasteiger partial charge on any atom is -0.293 e. The highest BCUT2D eigenvalue weighted by atomic mass is 35.5. The Morgan fingerprint density at radius 1 is 1.12 bits per heavy atom. The SMILES string of the molecule is Cc1ccc(C(C(=O)NN)N(C)NC(=O)CN(C)NC(=O)CCl)cc1. The van der Waals surface area contributed by atoms with E-state index in [0.29, 0.717) is 5.56 Å². The number of nitrogens with two attached hydrogens (primary N) is 1. The summed E-state index contributed by atoms with van der Waals surface area (Å²) in [5.74, 6) is 3.71. The number of carbonyl (C=O) groups is 3. The number of amides is 3. The van der Waals surface area contributed by atoms with Crippen molar-refractivity contribution in [3.05, 3.63) is 35.4 Å². The van der Waals surface area contributed by atoms with E-state index in [-0.39, 0.29) is 12.4 Å². The number of nitrogens with zero attached hydrogens (tertiary/aromatic N) is 2. The van der Waals surface area contributed by atoms with Crippen LogP contribution >= 0.6 is 11.6 Å². The number of aryl methyl sites for hydroxylation is 1. The normalized spacial score (nSPS) is 12.0. The molecule has 0 aromatic heterocycles. The summed E-state index contributed by atoms with van der Waals surface area (Å²) in [6, 6.07) is 6.47. The van der Waals surface area contributed by atoms with Gasteiger partial charge in [0.25, 0.3) is 5.91 Å². The summed E-state index contributed by atoms with van der Waals surface area (Å²) < 4.78 is 0. The molecule has 0 aliphatic carbocycles. The predicted molar refractivity (Wildman–Crippen MR) is 93.6 cm³/mol. The van der Waals surface area contributed by atoms with Gasteiger partial charge in [-0.1, -0.05) is 29.8 Å². The summed E-state index contributed by atoms with van der Waals surface area (Å²) in [6.45, 7) is 1.80. The first-order valence-corrected chi connectivity index (χ1v) is 7.97. The topological polar surface area (TPSA) is 120 Å². The third kappa shape index (κ3) is 6.67. The molecule has 25 heavy (non-hydrogen) atoms. The highest BCUT2D eigenvalue weighted by Crippen LogP contribution is 2.18. The molecule has 5 N–H and O–H groups in total. The van der Waals surface area contributed by atoms with Crippen LogP contribution in [0.2, 0.25) is 0 Å². The fourth-order valence-electron chi connectivity index (χ4n) is 2.17. The minimum absolute atomic E-state index is 0.127. The van der Waals surface area contributed by atoms with Crippen molar-refractivity contribution in [2.24, 2.45) is 5.84 Å². The molecule has 3 amide bonds. The molecule has 0 aliphatic rings.